The van der Waals surface area contributed by atoms with E-state index < -0.39 is 0 Å². The summed E-state index contributed by atoms with van der Waals surface area (Å²) in [6.07, 6.45) is 5.80. The van der Waals surface area contributed by atoms with Crippen molar-refractivity contribution >= 4 is 11.6 Å². The van der Waals surface area contributed by atoms with Gasteiger partial charge in [0.15, 0.2) is 0 Å². The van der Waals surface area contributed by atoms with E-state index in [0.717, 1.165) is 35.7 Å². The van der Waals surface area contributed by atoms with E-state index >= 15 is 0 Å². The van der Waals surface area contributed by atoms with Crippen LogP contribution in [-0.4, -0.2) is 14.5 Å². The predicted molar refractivity (Wildman–Crippen MR) is 74.4 cm³/mol. The van der Waals surface area contributed by atoms with Crippen LogP contribution in [0.3, 0.4) is 0 Å². The Labute approximate surface area is 113 Å². The average Bonchev–Trinajstić information content (AvgIpc) is 2.76. The zero-order valence-corrected chi connectivity index (χ0v) is 11.8. The molecule has 0 saturated heterocycles. The zero-order valence-electron chi connectivity index (χ0n) is 11.1. The molecule has 0 spiro atoms. The van der Waals surface area contributed by atoms with E-state index in [0.29, 0.717) is 5.88 Å². The lowest BCUT2D eigenvalue weighted by atomic mass is 10.1. The lowest BCUT2D eigenvalue weighted by Crippen LogP contribution is -2.08. The van der Waals surface area contributed by atoms with E-state index in [9.17, 15) is 0 Å². The van der Waals surface area contributed by atoms with Crippen LogP contribution in [0, 0.1) is 13.8 Å². The third kappa shape index (κ3) is 2.41. The number of imidazole rings is 1. The van der Waals surface area contributed by atoms with Crippen molar-refractivity contribution in [2.24, 2.45) is 0 Å². The minimum Gasteiger partial charge on any atom is -0.288 e. The second-order valence-electron chi connectivity index (χ2n) is 4.48. The number of aromatic nitrogens is 3. The highest BCUT2D eigenvalue weighted by Crippen LogP contribution is 2.21. The number of nitrogens with zero attached hydrogens (tertiary/aromatic N) is 3. The standard InChI is InChI=1S/C14H18ClN3/c1-4-5-13-16-6-7-18(13)14-12(9-15)10(2)8-11(3)17-14/h6-8H,4-5,9H2,1-3H3. The van der Waals surface area contributed by atoms with Gasteiger partial charge in [0, 0.05) is 30.1 Å². The lowest BCUT2D eigenvalue weighted by molar-refractivity contribution is 0.791. The van der Waals surface area contributed by atoms with E-state index in [-0.39, 0.29) is 0 Å². The van der Waals surface area contributed by atoms with E-state index in [4.69, 9.17) is 11.6 Å². The van der Waals surface area contributed by atoms with Crippen molar-refractivity contribution in [1.82, 2.24) is 14.5 Å². The minimum absolute atomic E-state index is 0.470. The Morgan fingerprint density at radius 2 is 2.11 bits per heavy atom. The fourth-order valence-electron chi connectivity index (χ4n) is 2.14. The van der Waals surface area contributed by atoms with Gasteiger partial charge in [-0.15, -0.1) is 11.6 Å². The quantitative estimate of drug-likeness (QED) is 0.790. The maximum Gasteiger partial charge on any atom is 0.143 e. The third-order valence-corrected chi connectivity index (χ3v) is 3.27. The van der Waals surface area contributed by atoms with Crippen LogP contribution >= 0.6 is 11.6 Å². The van der Waals surface area contributed by atoms with E-state index in [2.05, 4.69) is 34.4 Å². The molecule has 2 rings (SSSR count). The van der Waals surface area contributed by atoms with Gasteiger partial charge in [-0.05, 0) is 31.9 Å². The summed E-state index contributed by atoms with van der Waals surface area (Å²) < 4.78 is 2.06. The summed E-state index contributed by atoms with van der Waals surface area (Å²) >= 11 is 6.06. The summed E-state index contributed by atoms with van der Waals surface area (Å²) in [4.78, 5) is 9.03. The fraction of sp³-hybridized carbons (Fsp3) is 0.429. The van der Waals surface area contributed by atoms with E-state index in [1.807, 2.05) is 19.3 Å². The number of alkyl halides is 1. The molecule has 0 aliphatic heterocycles. The molecule has 2 aromatic heterocycles. The first-order valence-corrected chi connectivity index (χ1v) is 6.76. The van der Waals surface area contributed by atoms with Crippen LogP contribution in [0.1, 0.15) is 36.0 Å². The van der Waals surface area contributed by atoms with Gasteiger partial charge in [0.05, 0.1) is 5.88 Å². The van der Waals surface area contributed by atoms with Crippen LogP contribution in [0.15, 0.2) is 18.5 Å². The maximum atomic E-state index is 6.06. The number of hydrogen-bond donors (Lipinski definition) is 0. The summed E-state index contributed by atoms with van der Waals surface area (Å²) in [5, 5.41) is 0. The Morgan fingerprint density at radius 3 is 2.78 bits per heavy atom. The SMILES string of the molecule is CCCc1nccn1-c1nc(C)cc(C)c1CCl. The normalized spacial score (nSPS) is 10.9. The van der Waals surface area contributed by atoms with Crippen LogP contribution < -0.4 is 0 Å². The molecule has 0 aliphatic carbocycles. The summed E-state index contributed by atoms with van der Waals surface area (Å²) in [5.41, 5.74) is 3.27. The highest BCUT2D eigenvalue weighted by atomic mass is 35.5. The van der Waals surface area contributed by atoms with Crippen molar-refractivity contribution in [2.75, 3.05) is 0 Å². The van der Waals surface area contributed by atoms with Crippen molar-refractivity contribution in [3.05, 3.63) is 41.1 Å². The molecule has 4 heteroatoms. The smallest absolute Gasteiger partial charge is 0.143 e. The van der Waals surface area contributed by atoms with Crippen molar-refractivity contribution < 1.29 is 0 Å². The molecule has 0 amide bonds. The largest absolute Gasteiger partial charge is 0.288 e. The molecule has 0 atom stereocenters. The van der Waals surface area contributed by atoms with Crippen LogP contribution in [0.5, 0.6) is 0 Å². The Bertz CT molecular complexity index is 546. The first kappa shape index (κ1) is 13.1. The van der Waals surface area contributed by atoms with Gasteiger partial charge < -0.3 is 0 Å². The number of halogens is 1. The molecule has 0 fully saturated rings. The molecule has 0 aromatic carbocycles. The summed E-state index contributed by atoms with van der Waals surface area (Å²) in [6.45, 7) is 6.23. The molecule has 2 heterocycles. The van der Waals surface area contributed by atoms with Crippen LogP contribution in [0.2, 0.25) is 0 Å². The zero-order chi connectivity index (χ0) is 13.1. The van der Waals surface area contributed by atoms with Gasteiger partial charge in [-0.1, -0.05) is 6.92 Å². The Kier molecular flexibility index (Phi) is 4.02. The second kappa shape index (κ2) is 5.53. The van der Waals surface area contributed by atoms with Gasteiger partial charge in [0.25, 0.3) is 0 Å². The minimum atomic E-state index is 0.470. The first-order chi connectivity index (χ1) is 8.67. The molecule has 0 bridgehead atoms. The van der Waals surface area contributed by atoms with Gasteiger partial charge in [0.1, 0.15) is 11.6 Å². The molecule has 0 N–H and O–H groups in total. The lowest BCUT2D eigenvalue weighted by Gasteiger charge is -2.13. The highest BCUT2D eigenvalue weighted by molar-refractivity contribution is 6.17. The van der Waals surface area contributed by atoms with Crippen molar-refractivity contribution in [3.8, 4) is 5.82 Å². The van der Waals surface area contributed by atoms with Crippen molar-refractivity contribution in [2.45, 2.75) is 39.5 Å². The first-order valence-electron chi connectivity index (χ1n) is 6.23. The average molecular weight is 264 g/mol. The fourth-order valence-corrected chi connectivity index (χ4v) is 2.47. The number of pyridine rings is 1. The summed E-state index contributed by atoms with van der Waals surface area (Å²) in [7, 11) is 0. The van der Waals surface area contributed by atoms with Crippen LogP contribution in [-0.2, 0) is 12.3 Å². The highest BCUT2D eigenvalue weighted by Gasteiger charge is 2.12. The summed E-state index contributed by atoms with van der Waals surface area (Å²) in [6, 6.07) is 2.07. The van der Waals surface area contributed by atoms with Gasteiger partial charge >= 0.3 is 0 Å². The second-order valence-corrected chi connectivity index (χ2v) is 4.75. The molecule has 0 unspecified atom stereocenters. The monoisotopic (exact) mass is 263 g/mol. The number of rotatable bonds is 4. The molecule has 18 heavy (non-hydrogen) atoms. The molecule has 0 aliphatic rings. The molecule has 96 valence electrons. The molecule has 0 saturated carbocycles. The molecule has 2 aromatic rings. The molecule has 3 nitrogen and oxygen atoms in total. The summed E-state index contributed by atoms with van der Waals surface area (Å²) in [5.74, 6) is 2.43. The Morgan fingerprint density at radius 1 is 1.33 bits per heavy atom. The van der Waals surface area contributed by atoms with Crippen molar-refractivity contribution in [1.29, 1.82) is 0 Å². The number of aryl methyl sites for hydroxylation is 3. The third-order valence-electron chi connectivity index (χ3n) is 3.01. The number of hydrogen-bond acceptors (Lipinski definition) is 2. The maximum absolute atomic E-state index is 6.06. The van der Waals surface area contributed by atoms with E-state index in [1.54, 1.807) is 0 Å². The van der Waals surface area contributed by atoms with Gasteiger partial charge in [-0.25, -0.2) is 9.97 Å². The van der Waals surface area contributed by atoms with Crippen molar-refractivity contribution in [3.63, 3.8) is 0 Å². The van der Waals surface area contributed by atoms with Crippen LogP contribution in [0.4, 0.5) is 0 Å². The predicted octanol–water partition coefficient (Wildman–Crippen LogP) is 3.58. The molecular weight excluding hydrogens is 246 g/mol. The molecular formula is C14H18ClN3. The molecule has 0 radical (unpaired) electrons. The topological polar surface area (TPSA) is 30.7 Å². The van der Waals surface area contributed by atoms with Gasteiger partial charge in [0.2, 0.25) is 0 Å². The van der Waals surface area contributed by atoms with Crippen LogP contribution in [0.25, 0.3) is 5.82 Å². The Balaban J connectivity index is 2.58. The Hall–Kier alpha value is -1.35. The van der Waals surface area contributed by atoms with Gasteiger partial charge in [-0.2, -0.15) is 0 Å². The van der Waals surface area contributed by atoms with Gasteiger partial charge in [-0.3, -0.25) is 4.57 Å². The van der Waals surface area contributed by atoms with E-state index in [1.165, 1.54) is 5.56 Å².